The van der Waals surface area contributed by atoms with Crippen molar-refractivity contribution in [2.45, 2.75) is 36.4 Å². The largest absolute Gasteiger partial charge is 0.376 e. The molecule has 1 aromatic heterocycles. The lowest BCUT2D eigenvalue weighted by Crippen LogP contribution is -2.31. The maximum absolute atomic E-state index is 5.81. The topological polar surface area (TPSA) is 47.0 Å². The third-order valence-corrected chi connectivity index (χ3v) is 4.05. The minimum absolute atomic E-state index is 0.391. The van der Waals surface area contributed by atoms with Gasteiger partial charge in [0.15, 0.2) is 0 Å². The number of aromatic nitrogens is 2. The molecule has 0 amide bonds. The first-order valence-corrected chi connectivity index (χ1v) is 7.33. The Morgan fingerprint density at radius 1 is 1.35 bits per heavy atom. The summed E-state index contributed by atoms with van der Waals surface area (Å²) in [7, 11) is 0. The Labute approximate surface area is 106 Å². The fourth-order valence-electron chi connectivity index (χ4n) is 2.38. The van der Waals surface area contributed by atoms with Crippen LogP contribution < -0.4 is 5.32 Å². The molecule has 2 fully saturated rings. The quantitative estimate of drug-likeness (QED) is 0.656. The summed E-state index contributed by atoms with van der Waals surface area (Å²) in [5.74, 6) is 1.70. The Morgan fingerprint density at radius 2 is 2.24 bits per heavy atom. The highest BCUT2D eigenvalue weighted by molar-refractivity contribution is 7.98. The number of ether oxygens (including phenoxy) is 1. The van der Waals surface area contributed by atoms with Crippen molar-refractivity contribution in [1.82, 2.24) is 9.97 Å². The van der Waals surface area contributed by atoms with Crippen molar-refractivity contribution in [3.8, 4) is 0 Å². The van der Waals surface area contributed by atoms with Gasteiger partial charge in [0.25, 0.3) is 0 Å². The van der Waals surface area contributed by atoms with Crippen LogP contribution in [0.4, 0.5) is 5.82 Å². The zero-order chi connectivity index (χ0) is 11.7. The Morgan fingerprint density at radius 3 is 3.00 bits per heavy atom. The molecule has 0 spiro atoms. The van der Waals surface area contributed by atoms with E-state index in [1.807, 2.05) is 12.3 Å². The van der Waals surface area contributed by atoms with Crippen LogP contribution in [0.5, 0.6) is 0 Å². The average Bonchev–Trinajstić information content (AvgIpc) is 3.11. The van der Waals surface area contributed by atoms with Crippen LogP contribution in [0, 0.1) is 5.92 Å². The molecular formula is C12H17N3OS. The van der Waals surface area contributed by atoms with E-state index in [1.54, 1.807) is 18.1 Å². The molecule has 4 nitrogen and oxygen atoms in total. The second-order valence-corrected chi connectivity index (χ2v) is 5.48. The van der Waals surface area contributed by atoms with E-state index in [2.05, 4.69) is 15.3 Å². The van der Waals surface area contributed by atoms with Crippen molar-refractivity contribution in [1.29, 1.82) is 0 Å². The van der Waals surface area contributed by atoms with E-state index in [0.29, 0.717) is 12.1 Å². The number of nitrogens with zero attached hydrogens (tertiary/aromatic N) is 2. The molecule has 0 bridgehead atoms. The highest BCUT2D eigenvalue weighted by atomic mass is 32.2. The van der Waals surface area contributed by atoms with Crippen LogP contribution in [-0.4, -0.2) is 35.0 Å². The standard InChI is InChI=1S/C12H17N3OS/c1-17-11-6-10(13-7-14-11)15-9-4-5-16-12(9)8-2-3-8/h6-9,12H,2-5H2,1H3,(H,13,14,15). The highest BCUT2D eigenvalue weighted by Gasteiger charge is 2.40. The van der Waals surface area contributed by atoms with Crippen LogP contribution in [-0.2, 0) is 4.74 Å². The number of hydrogen-bond donors (Lipinski definition) is 1. The van der Waals surface area contributed by atoms with Crippen LogP contribution in [0.15, 0.2) is 17.4 Å². The first-order chi connectivity index (χ1) is 8.36. The van der Waals surface area contributed by atoms with Gasteiger partial charge in [-0.25, -0.2) is 9.97 Å². The molecule has 3 rings (SSSR count). The molecule has 5 heteroatoms. The lowest BCUT2D eigenvalue weighted by atomic mass is 10.1. The highest BCUT2D eigenvalue weighted by Crippen LogP contribution is 2.39. The number of anilines is 1. The first-order valence-electron chi connectivity index (χ1n) is 6.11. The van der Waals surface area contributed by atoms with E-state index < -0.39 is 0 Å². The maximum atomic E-state index is 5.81. The fraction of sp³-hybridized carbons (Fsp3) is 0.667. The van der Waals surface area contributed by atoms with Gasteiger partial charge in [-0.1, -0.05) is 0 Å². The van der Waals surface area contributed by atoms with E-state index in [1.165, 1.54) is 12.8 Å². The third kappa shape index (κ3) is 2.55. The van der Waals surface area contributed by atoms with E-state index in [4.69, 9.17) is 4.74 Å². The van der Waals surface area contributed by atoms with E-state index in [-0.39, 0.29) is 0 Å². The lowest BCUT2D eigenvalue weighted by molar-refractivity contribution is 0.0898. The number of thioether (sulfide) groups is 1. The molecule has 2 atom stereocenters. The summed E-state index contributed by atoms with van der Waals surface area (Å²) < 4.78 is 5.81. The molecule has 1 N–H and O–H groups in total. The summed E-state index contributed by atoms with van der Waals surface area (Å²) in [5.41, 5.74) is 0. The SMILES string of the molecule is CSc1cc(NC2CCOC2C2CC2)ncn1. The van der Waals surface area contributed by atoms with Crippen molar-refractivity contribution in [3.63, 3.8) is 0 Å². The zero-order valence-corrected chi connectivity index (χ0v) is 10.7. The van der Waals surface area contributed by atoms with Crippen molar-refractivity contribution < 1.29 is 4.74 Å². The van der Waals surface area contributed by atoms with Gasteiger partial charge in [-0.2, -0.15) is 0 Å². The number of rotatable bonds is 4. The minimum atomic E-state index is 0.391. The van der Waals surface area contributed by atoms with Crippen LogP contribution >= 0.6 is 11.8 Å². The van der Waals surface area contributed by atoms with Crippen LogP contribution in [0.25, 0.3) is 0 Å². The molecule has 1 saturated heterocycles. The summed E-state index contributed by atoms with van der Waals surface area (Å²) in [6, 6.07) is 2.43. The minimum Gasteiger partial charge on any atom is -0.376 e. The first kappa shape index (κ1) is 11.3. The van der Waals surface area contributed by atoms with Gasteiger partial charge < -0.3 is 10.1 Å². The summed E-state index contributed by atoms with van der Waals surface area (Å²) in [4.78, 5) is 8.45. The van der Waals surface area contributed by atoms with Crippen molar-refractivity contribution in [3.05, 3.63) is 12.4 Å². The van der Waals surface area contributed by atoms with Crippen LogP contribution in [0.3, 0.4) is 0 Å². The summed E-state index contributed by atoms with van der Waals surface area (Å²) in [6.45, 7) is 0.874. The van der Waals surface area contributed by atoms with Crippen LogP contribution in [0.2, 0.25) is 0 Å². The molecule has 92 valence electrons. The normalized spacial score (nSPS) is 28.3. The molecule has 2 heterocycles. The second-order valence-electron chi connectivity index (χ2n) is 4.66. The lowest BCUT2D eigenvalue weighted by Gasteiger charge is -2.19. The monoisotopic (exact) mass is 251 g/mol. The molecule has 1 aliphatic heterocycles. The molecule has 1 aromatic rings. The van der Waals surface area contributed by atoms with Gasteiger partial charge in [-0.15, -0.1) is 11.8 Å². The number of nitrogens with one attached hydrogen (secondary N) is 1. The Kier molecular flexibility index (Phi) is 3.20. The smallest absolute Gasteiger partial charge is 0.130 e. The average molecular weight is 251 g/mol. The second kappa shape index (κ2) is 4.82. The van der Waals surface area contributed by atoms with Crippen molar-refractivity contribution in [2.75, 3.05) is 18.2 Å². The van der Waals surface area contributed by atoms with Gasteiger partial charge in [0, 0.05) is 12.7 Å². The van der Waals surface area contributed by atoms with E-state index in [9.17, 15) is 0 Å². The predicted molar refractivity (Wildman–Crippen MR) is 68.3 cm³/mol. The van der Waals surface area contributed by atoms with Gasteiger partial charge >= 0.3 is 0 Å². The molecule has 0 radical (unpaired) electrons. The van der Waals surface area contributed by atoms with Gasteiger partial charge in [0.1, 0.15) is 17.2 Å². The zero-order valence-electron chi connectivity index (χ0n) is 9.93. The van der Waals surface area contributed by atoms with Crippen molar-refractivity contribution >= 4 is 17.6 Å². The molecule has 2 aliphatic rings. The molecule has 2 unspecified atom stereocenters. The van der Waals surface area contributed by atoms with Gasteiger partial charge in [0.2, 0.25) is 0 Å². The number of hydrogen-bond acceptors (Lipinski definition) is 5. The summed E-state index contributed by atoms with van der Waals surface area (Å²) >= 11 is 1.64. The Balaban J connectivity index is 1.68. The fourth-order valence-corrected chi connectivity index (χ4v) is 2.76. The third-order valence-electron chi connectivity index (χ3n) is 3.41. The van der Waals surface area contributed by atoms with Crippen LogP contribution in [0.1, 0.15) is 19.3 Å². The molecule has 0 aromatic carbocycles. The molecule has 1 saturated carbocycles. The predicted octanol–water partition coefficient (Wildman–Crippen LogP) is 2.18. The van der Waals surface area contributed by atoms with Gasteiger partial charge in [0.05, 0.1) is 12.1 Å². The molecular weight excluding hydrogens is 234 g/mol. The summed E-state index contributed by atoms with van der Waals surface area (Å²) in [5, 5.41) is 4.50. The Bertz CT molecular complexity index is 397. The summed E-state index contributed by atoms with van der Waals surface area (Å²) in [6.07, 6.45) is 7.77. The van der Waals surface area contributed by atoms with E-state index >= 15 is 0 Å². The van der Waals surface area contributed by atoms with Crippen molar-refractivity contribution in [2.24, 2.45) is 5.92 Å². The Hall–Kier alpha value is -0.810. The van der Waals surface area contributed by atoms with Gasteiger partial charge in [-0.3, -0.25) is 0 Å². The van der Waals surface area contributed by atoms with Gasteiger partial charge in [-0.05, 0) is 31.4 Å². The van der Waals surface area contributed by atoms with E-state index in [0.717, 1.165) is 29.8 Å². The molecule has 1 aliphatic carbocycles. The molecule has 17 heavy (non-hydrogen) atoms. The maximum Gasteiger partial charge on any atom is 0.130 e.